The lowest BCUT2D eigenvalue weighted by Gasteiger charge is -2.19. The number of nitrogens with one attached hydrogen (secondary N) is 3. The van der Waals surface area contributed by atoms with Crippen LogP contribution in [0, 0.1) is 0 Å². The quantitative estimate of drug-likeness (QED) is 0.485. The van der Waals surface area contributed by atoms with Gasteiger partial charge in [0.15, 0.2) is 0 Å². The summed E-state index contributed by atoms with van der Waals surface area (Å²) in [4.78, 5) is 22.2. The predicted molar refractivity (Wildman–Crippen MR) is 62.6 cm³/mol. The maximum atomic E-state index is 11.2. The maximum absolute atomic E-state index is 11.2. The molecule has 0 bridgehead atoms. The van der Waals surface area contributed by atoms with Gasteiger partial charge in [-0.05, 0) is 20.8 Å². The fourth-order valence-electron chi connectivity index (χ4n) is 0.855. The SMILES string of the molecule is COCNC(=O)NCCNC(=O)OC(C)(C)C. The molecule has 0 unspecified atom stereocenters. The Bertz CT molecular complexity index is 250. The van der Waals surface area contributed by atoms with E-state index in [9.17, 15) is 9.59 Å². The van der Waals surface area contributed by atoms with Crippen molar-refractivity contribution in [2.75, 3.05) is 26.9 Å². The average Bonchev–Trinajstić information content (AvgIpc) is 2.19. The minimum absolute atomic E-state index is 0.144. The van der Waals surface area contributed by atoms with Crippen LogP contribution < -0.4 is 16.0 Å². The highest BCUT2D eigenvalue weighted by Crippen LogP contribution is 2.05. The van der Waals surface area contributed by atoms with Gasteiger partial charge in [0.1, 0.15) is 12.3 Å². The first-order chi connectivity index (χ1) is 7.85. The third-order valence-corrected chi connectivity index (χ3v) is 1.46. The standard InChI is InChI=1S/C10H21N3O4/c1-10(2,3)17-9(15)12-6-5-11-8(14)13-7-16-4/h5-7H2,1-4H3,(H,12,15)(H2,11,13,14). The van der Waals surface area contributed by atoms with Crippen molar-refractivity contribution in [3.63, 3.8) is 0 Å². The number of carbonyl (C=O) groups excluding carboxylic acids is 2. The van der Waals surface area contributed by atoms with Crippen molar-refractivity contribution in [2.45, 2.75) is 26.4 Å². The highest BCUT2D eigenvalue weighted by Gasteiger charge is 2.15. The van der Waals surface area contributed by atoms with Crippen LogP contribution in [-0.4, -0.2) is 44.7 Å². The van der Waals surface area contributed by atoms with E-state index in [0.717, 1.165) is 0 Å². The molecule has 0 saturated heterocycles. The monoisotopic (exact) mass is 247 g/mol. The average molecular weight is 247 g/mol. The largest absolute Gasteiger partial charge is 0.444 e. The van der Waals surface area contributed by atoms with E-state index in [1.807, 2.05) is 0 Å². The van der Waals surface area contributed by atoms with Crippen LogP contribution in [0.5, 0.6) is 0 Å². The van der Waals surface area contributed by atoms with Gasteiger partial charge in [-0.1, -0.05) is 0 Å². The molecule has 0 saturated carbocycles. The topological polar surface area (TPSA) is 88.7 Å². The van der Waals surface area contributed by atoms with Gasteiger partial charge in [-0.3, -0.25) is 0 Å². The Balaban J connectivity index is 3.51. The summed E-state index contributed by atoms with van der Waals surface area (Å²) in [6.45, 7) is 6.10. The van der Waals surface area contributed by atoms with Gasteiger partial charge in [0.2, 0.25) is 0 Å². The Labute approximate surface area is 101 Å². The molecule has 0 rings (SSSR count). The summed E-state index contributed by atoms with van der Waals surface area (Å²) in [7, 11) is 1.48. The van der Waals surface area contributed by atoms with Crippen LogP contribution in [0.1, 0.15) is 20.8 Å². The molecule has 0 aliphatic carbocycles. The number of amides is 3. The van der Waals surface area contributed by atoms with Crippen molar-refractivity contribution in [3.05, 3.63) is 0 Å². The van der Waals surface area contributed by atoms with Crippen LogP contribution in [-0.2, 0) is 9.47 Å². The molecule has 7 nitrogen and oxygen atoms in total. The van der Waals surface area contributed by atoms with Gasteiger partial charge in [0.05, 0.1) is 0 Å². The lowest BCUT2D eigenvalue weighted by molar-refractivity contribution is 0.0528. The van der Waals surface area contributed by atoms with Gasteiger partial charge >= 0.3 is 12.1 Å². The molecule has 7 heteroatoms. The molecule has 0 fully saturated rings. The van der Waals surface area contributed by atoms with E-state index in [4.69, 9.17) is 4.74 Å². The smallest absolute Gasteiger partial charge is 0.407 e. The zero-order chi connectivity index (χ0) is 13.3. The van der Waals surface area contributed by atoms with Crippen LogP contribution in [0.15, 0.2) is 0 Å². The molecule has 0 aromatic heterocycles. The van der Waals surface area contributed by atoms with Gasteiger partial charge in [-0.15, -0.1) is 0 Å². The van der Waals surface area contributed by atoms with Crippen molar-refractivity contribution in [3.8, 4) is 0 Å². The molecule has 0 aromatic rings. The van der Waals surface area contributed by atoms with Crippen LogP contribution >= 0.6 is 0 Å². The minimum Gasteiger partial charge on any atom is -0.444 e. The Morgan fingerprint density at radius 2 is 1.65 bits per heavy atom. The summed E-state index contributed by atoms with van der Waals surface area (Å²) in [5, 5.41) is 7.49. The Morgan fingerprint density at radius 3 is 2.18 bits per heavy atom. The first-order valence-corrected chi connectivity index (χ1v) is 5.32. The number of carbonyl (C=O) groups is 2. The molecule has 0 aliphatic rings. The molecular formula is C10H21N3O4. The van der Waals surface area contributed by atoms with E-state index in [0.29, 0.717) is 13.1 Å². The Morgan fingerprint density at radius 1 is 1.06 bits per heavy atom. The molecule has 0 spiro atoms. The molecule has 0 aromatic carbocycles. The first-order valence-electron chi connectivity index (χ1n) is 5.32. The van der Waals surface area contributed by atoms with E-state index in [-0.39, 0.29) is 12.8 Å². The summed E-state index contributed by atoms with van der Waals surface area (Å²) in [5.41, 5.74) is -0.520. The van der Waals surface area contributed by atoms with Crippen molar-refractivity contribution in [1.29, 1.82) is 0 Å². The van der Waals surface area contributed by atoms with Gasteiger partial charge < -0.3 is 25.4 Å². The highest BCUT2D eigenvalue weighted by atomic mass is 16.6. The number of urea groups is 1. The molecule has 0 atom stereocenters. The second-order valence-corrected chi connectivity index (χ2v) is 4.29. The number of rotatable bonds is 5. The number of hydrogen-bond acceptors (Lipinski definition) is 4. The van der Waals surface area contributed by atoms with E-state index < -0.39 is 11.7 Å². The molecule has 3 amide bonds. The van der Waals surface area contributed by atoms with Crippen LogP contribution in [0.4, 0.5) is 9.59 Å². The van der Waals surface area contributed by atoms with Crippen LogP contribution in [0.25, 0.3) is 0 Å². The lowest BCUT2D eigenvalue weighted by atomic mass is 10.2. The fraction of sp³-hybridized carbons (Fsp3) is 0.800. The minimum atomic E-state index is -0.520. The van der Waals surface area contributed by atoms with Crippen molar-refractivity contribution >= 4 is 12.1 Å². The molecular weight excluding hydrogens is 226 g/mol. The van der Waals surface area contributed by atoms with Crippen LogP contribution in [0.2, 0.25) is 0 Å². The number of alkyl carbamates (subject to hydrolysis) is 1. The second-order valence-electron chi connectivity index (χ2n) is 4.29. The molecule has 17 heavy (non-hydrogen) atoms. The highest BCUT2D eigenvalue weighted by molar-refractivity contribution is 5.73. The third-order valence-electron chi connectivity index (χ3n) is 1.46. The maximum Gasteiger partial charge on any atom is 0.407 e. The van der Waals surface area contributed by atoms with E-state index in [1.165, 1.54) is 7.11 Å². The van der Waals surface area contributed by atoms with Crippen molar-refractivity contribution < 1.29 is 19.1 Å². The molecule has 0 heterocycles. The number of methoxy groups -OCH3 is 1. The summed E-state index contributed by atoms with van der Waals surface area (Å²) in [6.07, 6.45) is -0.503. The van der Waals surface area contributed by atoms with Gasteiger partial charge in [-0.2, -0.15) is 0 Å². The van der Waals surface area contributed by atoms with Gasteiger partial charge in [0, 0.05) is 20.2 Å². The van der Waals surface area contributed by atoms with Gasteiger partial charge in [0.25, 0.3) is 0 Å². The van der Waals surface area contributed by atoms with Gasteiger partial charge in [-0.25, -0.2) is 9.59 Å². The molecule has 0 aliphatic heterocycles. The van der Waals surface area contributed by atoms with E-state index >= 15 is 0 Å². The summed E-state index contributed by atoms with van der Waals surface area (Å²) in [6, 6.07) is -0.349. The summed E-state index contributed by atoms with van der Waals surface area (Å²) in [5.74, 6) is 0. The summed E-state index contributed by atoms with van der Waals surface area (Å²) >= 11 is 0. The zero-order valence-electron chi connectivity index (χ0n) is 10.8. The fourth-order valence-corrected chi connectivity index (χ4v) is 0.855. The normalized spacial score (nSPS) is 10.6. The van der Waals surface area contributed by atoms with E-state index in [1.54, 1.807) is 20.8 Å². The Hall–Kier alpha value is -1.50. The molecule has 3 N–H and O–H groups in total. The zero-order valence-corrected chi connectivity index (χ0v) is 10.8. The molecule has 0 radical (unpaired) electrons. The second kappa shape index (κ2) is 7.72. The van der Waals surface area contributed by atoms with Crippen molar-refractivity contribution in [2.24, 2.45) is 0 Å². The van der Waals surface area contributed by atoms with Crippen molar-refractivity contribution in [1.82, 2.24) is 16.0 Å². The summed E-state index contributed by atoms with van der Waals surface area (Å²) < 4.78 is 9.66. The number of ether oxygens (including phenoxy) is 2. The Kier molecular flexibility index (Phi) is 7.04. The van der Waals surface area contributed by atoms with E-state index in [2.05, 4.69) is 20.7 Å². The van der Waals surface area contributed by atoms with Crippen LogP contribution in [0.3, 0.4) is 0 Å². The first kappa shape index (κ1) is 15.5. The predicted octanol–water partition coefficient (Wildman–Crippen LogP) is 0.414. The lowest BCUT2D eigenvalue weighted by Crippen LogP contribution is -2.41. The number of hydrogen-bond donors (Lipinski definition) is 3. The third kappa shape index (κ3) is 10.8. The molecule has 100 valence electrons.